The van der Waals surface area contributed by atoms with E-state index < -0.39 is 21.6 Å². The molecule has 0 N–H and O–H groups in total. The molecule has 35 heavy (non-hydrogen) atoms. The van der Waals surface area contributed by atoms with E-state index in [1.807, 2.05) is 16.8 Å². The van der Waals surface area contributed by atoms with Gasteiger partial charge >= 0.3 is 6.18 Å². The number of rotatable bonds is 5. The third-order valence-corrected chi connectivity index (χ3v) is 7.14. The summed E-state index contributed by atoms with van der Waals surface area (Å²) in [6.07, 6.45) is -1.87. The zero-order valence-corrected chi connectivity index (χ0v) is 19.8. The molecule has 0 amide bonds. The van der Waals surface area contributed by atoms with Gasteiger partial charge in [0.25, 0.3) is 0 Å². The second kappa shape index (κ2) is 8.54. The van der Waals surface area contributed by atoms with Crippen molar-refractivity contribution in [2.45, 2.75) is 11.1 Å². The van der Waals surface area contributed by atoms with Crippen molar-refractivity contribution in [2.24, 2.45) is 0 Å². The largest absolute Gasteiger partial charge is 0.457 e. The molecule has 0 aliphatic heterocycles. The van der Waals surface area contributed by atoms with Gasteiger partial charge in [-0.2, -0.15) is 24.5 Å². The molecule has 0 atom stereocenters. The summed E-state index contributed by atoms with van der Waals surface area (Å²) >= 11 is 1.43. The lowest BCUT2D eigenvalue weighted by Gasteiger charge is -2.10. The number of sulfone groups is 1. The summed E-state index contributed by atoms with van der Waals surface area (Å²) in [4.78, 5) is 4.52. The molecule has 0 spiro atoms. The van der Waals surface area contributed by atoms with E-state index in [9.17, 15) is 21.6 Å². The van der Waals surface area contributed by atoms with Crippen molar-refractivity contribution in [3.8, 4) is 34.0 Å². The van der Waals surface area contributed by atoms with Crippen LogP contribution >= 0.6 is 11.3 Å². The molecule has 10 heteroatoms. The van der Waals surface area contributed by atoms with Crippen LogP contribution in [0, 0.1) is 0 Å². The molecule has 5 aromatic rings. The number of hydrogen-bond donors (Lipinski definition) is 0. The van der Waals surface area contributed by atoms with Crippen LogP contribution in [0.25, 0.3) is 28.2 Å². The van der Waals surface area contributed by atoms with E-state index >= 15 is 0 Å². The summed E-state index contributed by atoms with van der Waals surface area (Å²) in [6.45, 7) is 0. The number of benzene rings is 2. The number of pyridine rings is 1. The van der Waals surface area contributed by atoms with Crippen LogP contribution in [-0.2, 0) is 16.0 Å². The Morgan fingerprint density at radius 2 is 1.71 bits per heavy atom. The molecule has 3 aromatic heterocycles. The van der Waals surface area contributed by atoms with Crippen LogP contribution in [0.3, 0.4) is 0 Å². The fourth-order valence-electron chi connectivity index (χ4n) is 3.75. The first-order chi connectivity index (χ1) is 16.6. The number of alkyl halides is 3. The SMILES string of the molecule is CS(=O)(=O)c1cccc(Oc2ccc(-c3c(-c4ccsc4)nc4c(C(F)(F)F)cccn34)cc2)c1. The molecule has 0 radical (unpaired) electrons. The van der Waals surface area contributed by atoms with E-state index in [1.54, 1.807) is 42.6 Å². The van der Waals surface area contributed by atoms with Crippen molar-refractivity contribution in [3.05, 3.63) is 89.3 Å². The second-order valence-corrected chi connectivity index (χ2v) is 10.6. The molecule has 0 saturated carbocycles. The van der Waals surface area contributed by atoms with E-state index in [1.165, 1.54) is 33.9 Å². The van der Waals surface area contributed by atoms with Crippen LogP contribution in [0.15, 0.2) is 88.6 Å². The number of imidazole rings is 1. The predicted octanol–water partition coefficient (Wildman–Crippen LogP) is 6.94. The average molecular weight is 515 g/mol. The Labute approximate surface area is 203 Å². The standard InChI is InChI=1S/C25H17F3N2O3S2/c1-35(31,32)20-5-2-4-19(14-20)33-18-9-7-16(8-10-18)23-22(17-11-13-34-15-17)29-24-21(25(26,27)28)6-3-12-30(23)24/h2-15H,1H3. The van der Waals surface area contributed by atoms with Gasteiger partial charge < -0.3 is 4.74 Å². The zero-order valence-electron chi connectivity index (χ0n) is 18.2. The van der Waals surface area contributed by atoms with Gasteiger partial charge in [0, 0.05) is 29.0 Å². The smallest absolute Gasteiger partial charge is 0.419 e. The first-order valence-electron chi connectivity index (χ1n) is 10.3. The highest BCUT2D eigenvalue weighted by Gasteiger charge is 2.35. The first-order valence-corrected chi connectivity index (χ1v) is 13.1. The fraction of sp³-hybridized carbons (Fsp3) is 0.0800. The Kier molecular flexibility index (Phi) is 5.65. The maximum Gasteiger partial charge on any atom is 0.419 e. The normalized spacial score (nSPS) is 12.2. The zero-order chi connectivity index (χ0) is 24.8. The maximum absolute atomic E-state index is 13.7. The van der Waals surface area contributed by atoms with Gasteiger partial charge in [-0.25, -0.2) is 13.4 Å². The van der Waals surface area contributed by atoms with E-state index in [0.29, 0.717) is 28.5 Å². The van der Waals surface area contributed by atoms with Crippen molar-refractivity contribution in [1.29, 1.82) is 0 Å². The summed E-state index contributed by atoms with van der Waals surface area (Å²) in [7, 11) is -3.38. The van der Waals surface area contributed by atoms with Crippen molar-refractivity contribution in [3.63, 3.8) is 0 Å². The highest BCUT2D eigenvalue weighted by molar-refractivity contribution is 7.90. The predicted molar refractivity (Wildman–Crippen MR) is 129 cm³/mol. The molecular weight excluding hydrogens is 497 g/mol. The van der Waals surface area contributed by atoms with Gasteiger partial charge in [0.05, 0.1) is 21.8 Å². The molecule has 3 heterocycles. The van der Waals surface area contributed by atoms with Gasteiger partial charge in [-0.1, -0.05) is 6.07 Å². The summed E-state index contributed by atoms with van der Waals surface area (Å²) in [5.41, 5.74) is 1.35. The van der Waals surface area contributed by atoms with Crippen molar-refractivity contribution < 1.29 is 26.3 Å². The quantitative estimate of drug-likeness (QED) is 0.255. The van der Waals surface area contributed by atoms with Gasteiger partial charge in [-0.3, -0.25) is 4.40 Å². The van der Waals surface area contributed by atoms with Crippen LogP contribution in [-0.4, -0.2) is 24.1 Å². The Hall–Kier alpha value is -3.63. The molecule has 5 rings (SSSR count). The molecule has 0 fully saturated rings. The number of hydrogen-bond acceptors (Lipinski definition) is 5. The molecule has 0 unspecified atom stereocenters. The number of ether oxygens (including phenoxy) is 1. The molecule has 2 aromatic carbocycles. The summed E-state index contributed by atoms with van der Waals surface area (Å²) < 4.78 is 71.8. The minimum Gasteiger partial charge on any atom is -0.457 e. The molecule has 0 aliphatic carbocycles. The fourth-order valence-corrected chi connectivity index (χ4v) is 5.05. The lowest BCUT2D eigenvalue weighted by atomic mass is 10.1. The van der Waals surface area contributed by atoms with Crippen LogP contribution < -0.4 is 4.74 Å². The number of nitrogens with zero attached hydrogens (tertiary/aromatic N) is 2. The van der Waals surface area contributed by atoms with Crippen LogP contribution in [0.5, 0.6) is 11.5 Å². The van der Waals surface area contributed by atoms with Crippen molar-refractivity contribution >= 4 is 26.8 Å². The molecule has 0 aliphatic rings. The molecular formula is C25H17F3N2O3S2. The summed E-state index contributed by atoms with van der Waals surface area (Å²) in [5.74, 6) is 0.797. The Balaban J connectivity index is 1.58. The monoisotopic (exact) mass is 514 g/mol. The minimum atomic E-state index is -4.55. The maximum atomic E-state index is 13.7. The van der Waals surface area contributed by atoms with Gasteiger partial charge in [0.1, 0.15) is 17.1 Å². The van der Waals surface area contributed by atoms with E-state index in [4.69, 9.17) is 4.74 Å². The lowest BCUT2D eigenvalue weighted by molar-refractivity contribution is -0.136. The molecule has 5 nitrogen and oxygen atoms in total. The Bertz CT molecular complexity index is 1620. The third kappa shape index (κ3) is 4.54. The van der Waals surface area contributed by atoms with Gasteiger partial charge in [-0.05, 0) is 66.0 Å². The molecule has 0 bridgehead atoms. The highest BCUT2D eigenvalue weighted by atomic mass is 32.2. The van der Waals surface area contributed by atoms with Gasteiger partial charge in [-0.15, -0.1) is 0 Å². The minimum absolute atomic E-state index is 0.137. The average Bonchev–Trinajstić information content (AvgIpc) is 3.46. The highest BCUT2D eigenvalue weighted by Crippen LogP contribution is 2.39. The lowest BCUT2D eigenvalue weighted by Crippen LogP contribution is -2.07. The van der Waals surface area contributed by atoms with Crippen LogP contribution in [0.1, 0.15) is 5.56 Å². The number of thiophene rings is 1. The van der Waals surface area contributed by atoms with Crippen molar-refractivity contribution in [1.82, 2.24) is 9.38 Å². The van der Waals surface area contributed by atoms with Crippen LogP contribution in [0.4, 0.5) is 13.2 Å². The number of aromatic nitrogens is 2. The Morgan fingerprint density at radius 1 is 0.943 bits per heavy atom. The first kappa shape index (κ1) is 23.1. The van der Waals surface area contributed by atoms with E-state index in [0.717, 1.165) is 17.9 Å². The summed E-state index contributed by atoms with van der Waals surface area (Å²) in [6, 6.07) is 17.1. The molecule has 178 valence electrons. The van der Waals surface area contributed by atoms with Crippen LogP contribution in [0.2, 0.25) is 0 Å². The van der Waals surface area contributed by atoms with Crippen molar-refractivity contribution in [2.75, 3.05) is 6.26 Å². The Morgan fingerprint density at radius 3 is 2.37 bits per heavy atom. The third-order valence-electron chi connectivity index (χ3n) is 5.35. The van der Waals surface area contributed by atoms with E-state index in [2.05, 4.69) is 4.98 Å². The number of halogens is 3. The van der Waals surface area contributed by atoms with Gasteiger partial charge in [0.2, 0.25) is 0 Å². The second-order valence-electron chi connectivity index (χ2n) is 7.81. The number of fused-ring (bicyclic) bond motifs is 1. The van der Waals surface area contributed by atoms with Gasteiger partial charge in [0.15, 0.2) is 9.84 Å². The molecule has 0 saturated heterocycles. The van der Waals surface area contributed by atoms with E-state index in [-0.39, 0.29) is 10.5 Å². The topological polar surface area (TPSA) is 60.7 Å². The summed E-state index contributed by atoms with van der Waals surface area (Å²) in [5, 5.41) is 3.68.